The van der Waals surface area contributed by atoms with Gasteiger partial charge >= 0.3 is 0 Å². The third kappa shape index (κ3) is 2.60. The second-order valence-electron chi connectivity index (χ2n) is 4.25. The molecule has 3 N–H and O–H groups in total. The van der Waals surface area contributed by atoms with Crippen LogP contribution in [-0.4, -0.2) is 23.1 Å². The van der Waals surface area contributed by atoms with Gasteiger partial charge in [-0.2, -0.15) is 0 Å². The van der Waals surface area contributed by atoms with E-state index in [1.165, 1.54) is 0 Å². The summed E-state index contributed by atoms with van der Waals surface area (Å²) < 4.78 is 0. The van der Waals surface area contributed by atoms with Crippen molar-refractivity contribution in [1.29, 1.82) is 0 Å². The van der Waals surface area contributed by atoms with Crippen LogP contribution in [0.2, 0.25) is 5.28 Å². The number of hydrogen-bond donors (Lipinski definition) is 2. The third-order valence-corrected chi connectivity index (χ3v) is 4.11. The Balaban J connectivity index is 2.10. The van der Waals surface area contributed by atoms with Crippen molar-refractivity contribution in [3.63, 3.8) is 0 Å². The van der Waals surface area contributed by atoms with Crippen LogP contribution in [0.3, 0.4) is 0 Å². The highest BCUT2D eigenvalue weighted by Crippen LogP contribution is 2.35. The summed E-state index contributed by atoms with van der Waals surface area (Å²) in [5, 5.41) is 4.42. The molecule has 0 spiro atoms. The fraction of sp³-hybridized carbons (Fsp3) is 0.143. The molecule has 0 aliphatic carbocycles. The molecule has 0 aliphatic heterocycles. The maximum Gasteiger partial charge on any atom is 0.225 e. The zero-order valence-corrected chi connectivity index (χ0v) is 12.2. The Labute approximate surface area is 125 Å². The molecule has 0 saturated heterocycles. The highest BCUT2D eigenvalue weighted by atomic mass is 35.5. The van der Waals surface area contributed by atoms with Crippen molar-refractivity contribution in [2.24, 2.45) is 5.73 Å². The summed E-state index contributed by atoms with van der Waals surface area (Å²) in [6, 6.07) is 12.3. The van der Waals surface area contributed by atoms with Gasteiger partial charge in [-0.05, 0) is 23.2 Å². The molecule has 0 bridgehead atoms. The van der Waals surface area contributed by atoms with Gasteiger partial charge < -0.3 is 11.1 Å². The zero-order chi connectivity index (χ0) is 13.9. The van der Waals surface area contributed by atoms with Gasteiger partial charge in [0.15, 0.2) is 0 Å². The van der Waals surface area contributed by atoms with Crippen LogP contribution in [0, 0.1) is 0 Å². The first-order chi connectivity index (χ1) is 9.78. The Kier molecular flexibility index (Phi) is 3.82. The van der Waals surface area contributed by atoms with E-state index in [-0.39, 0.29) is 5.28 Å². The summed E-state index contributed by atoms with van der Waals surface area (Å²) in [6.45, 7) is 1.19. The number of nitrogens with zero attached hydrogens (tertiary/aromatic N) is 2. The van der Waals surface area contributed by atoms with E-state index in [0.29, 0.717) is 13.1 Å². The van der Waals surface area contributed by atoms with E-state index in [9.17, 15) is 0 Å². The summed E-state index contributed by atoms with van der Waals surface area (Å²) in [4.78, 5) is 10.6. The van der Waals surface area contributed by atoms with Crippen LogP contribution in [0.4, 0.5) is 5.82 Å². The molecule has 20 heavy (non-hydrogen) atoms. The number of nitrogens with one attached hydrogen (secondary N) is 1. The van der Waals surface area contributed by atoms with Crippen LogP contribution >= 0.6 is 22.9 Å². The van der Waals surface area contributed by atoms with Crippen molar-refractivity contribution in [2.45, 2.75) is 0 Å². The Morgan fingerprint density at radius 1 is 1.20 bits per heavy atom. The predicted molar refractivity (Wildman–Crippen MR) is 85.4 cm³/mol. The molecule has 0 unspecified atom stereocenters. The Hall–Kier alpha value is -1.69. The van der Waals surface area contributed by atoms with Crippen LogP contribution in [-0.2, 0) is 0 Å². The predicted octanol–water partition coefficient (Wildman–Crippen LogP) is 3.38. The highest BCUT2D eigenvalue weighted by molar-refractivity contribution is 7.22. The van der Waals surface area contributed by atoms with Crippen LogP contribution in [0.1, 0.15) is 0 Å². The SMILES string of the molecule is NCCNc1nc(Cl)nc2sc(-c3ccccc3)cc12. The largest absolute Gasteiger partial charge is 0.368 e. The summed E-state index contributed by atoms with van der Waals surface area (Å²) >= 11 is 7.58. The molecule has 6 heteroatoms. The molecule has 3 rings (SSSR count). The van der Waals surface area contributed by atoms with E-state index >= 15 is 0 Å². The molecule has 0 amide bonds. The molecule has 0 saturated carbocycles. The van der Waals surface area contributed by atoms with Crippen LogP contribution in [0.15, 0.2) is 36.4 Å². The quantitative estimate of drug-likeness (QED) is 0.725. The number of fused-ring (bicyclic) bond motifs is 1. The van der Waals surface area contributed by atoms with Gasteiger partial charge in [0.05, 0.1) is 5.39 Å². The molecule has 2 heterocycles. The fourth-order valence-corrected chi connectivity index (χ4v) is 3.22. The Morgan fingerprint density at radius 3 is 2.75 bits per heavy atom. The number of halogens is 1. The molecule has 0 radical (unpaired) electrons. The van der Waals surface area contributed by atoms with Crippen LogP contribution in [0.25, 0.3) is 20.7 Å². The second-order valence-corrected chi connectivity index (χ2v) is 5.62. The molecule has 0 atom stereocenters. The minimum atomic E-state index is 0.249. The number of hydrogen-bond acceptors (Lipinski definition) is 5. The Morgan fingerprint density at radius 2 is 2.00 bits per heavy atom. The molecule has 0 aliphatic rings. The number of thiophene rings is 1. The number of anilines is 1. The maximum absolute atomic E-state index is 5.97. The minimum Gasteiger partial charge on any atom is -0.368 e. The van der Waals surface area contributed by atoms with E-state index in [0.717, 1.165) is 26.5 Å². The maximum atomic E-state index is 5.97. The van der Waals surface area contributed by atoms with Crippen molar-refractivity contribution in [2.75, 3.05) is 18.4 Å². The van der Waals surface area contributed by atoms with Crippen molar-refractivity contribution >= 4 is 39.0 Å². The van der Waals surface area contributed by atoms with Gasteiger partial charge in [-0.25, -0.2) is 9.97 Å². The number of benzene rings is 1. The molecule has 102 valence electrons. The van der Waals surface area contributed by atoms with Crippen molar-refractivity contribution in [1.82, 2.24) is 9.97 Å². The van der Waals surface area contributed by atoms with Gasteiger partial charge in [-0.15, -0.1) is 11.3 Å². The molecule has 3 aromatic rings. The average molecular weight is 305 g/mol. The third-order valence-electron chi connectivity index (χ3n) is 2.86. The summed E-state index contributed by atoms with van der Waals surface area (Å²) in [5.74, 6) is 0.740. The van der Waals surface area contributed by atoms with E-state index in [4.69, 9.17) is 17.3 Å². The van der Waals surface area contributed by atoms with E-state index in [2.05, 4.69) is 33.5 Å². The van der Waals surface area contributed by atoms with E-state index in [1.807, 2.05) is 18.2 Å². The van der Waals surface area contributed by atoms with Gasteiger partial charge in [0.1, 0.15) is 10.6 Å². The van der Waals surface area contributed by atoms with E-state index in [1.54, 1.807) is 11.3 Å². The van der Waals surface area contributed by atoms with Gasteiger partial charge in [-0.3, -0.25) is 0 Å². The van der Waals surface area contributed by atoms with Crippen molar-refractivity contribution < 1.29 is 0 Å². The second kappa shape index (κ2) is 5.75. The molecule has 2 aromatic heterocycles. The molecular weight excluding hydrogens is 292 g/mol. The molecule has 1 aromatic carbocycles. The lowest BCUT2D eigenvalue weighted by molar-refractivity contribution is 1.01. The number of nitrogens with two attached hydrogens (primary N) is 1. The van der Waals surface area contributed by atoms with Crippen LogP contribution in [0.5, 0.6) is 0 Å². The van der Waals surface area contributed by atoms with Crippen molar-refractivity contribution in [3.8, 4) is 10.4 Å². The molecular formula is C14H13ClN4S. The lowest BCUT2D eigenvalue weighted by atomic mass is 10.2. The monoisotopic (exact) mass is 304 g/mol. The molecule has 4 nitrogen and oxygen atoms in total. The lowest BCUT2D eigenvalue weighted by Crippen LogP contribution is -2.14. The Bertz CT molecular complexity index is 727. The topological polar surface area (TPSA) is 63.8 Å². The van der Waals surface area contributed by atoms with E-state index < -0.39 is 0 Å². The summed E-state index contributed by atoms with van der Waals surface area (Å²) in [7, 11) is 0. The number of aromatic nitrogens is 2. The van der Waals surface area contributed by atoms with Gasteiger partial charge in [0.2, 0.25) is 5.28 Å². The lowest BCUT2D eigenvalue weighted by Gasteiger charge is -2.04. The average Bonchev–Trinajstić information content (AvgIpc) is 2.89. The van der Waals surface area contributed by atoms with Crippen LogP contribution < -0.4 is 11.1 Å². The van der Waals surface area contributed by atoms with Gasteiger partial charge in [-0.1, -0.05) is 30.3 Å². The number of rotatable bonds is 4. The first-order valence-corrected chi connectivity index (χ1v) is 7.44. The standard InChI is InChI=1S/C14H13ClN4S/c15-14-18-12(17-7-6-16)10-8-11(20-13(10)19-14)9-4-2-1-3-5-9/h1-5,8H,6-7,16H2,(H,17,18,19). The van der Waals surface area contributed by atoms with Crippen molar-refractivity contribution in [3.05, 3.63) is 41.7 Å². The first kappa shape index (κ1) is 13.3. The fourth-order valence-electron chi connectivity index (χ4n) is 1.97. The highest BCUT2D eigenvalue weighted by Gasteiger charge is 2.11. The smallest absolute Gasteiger partial charge is 0.225 e. The zero-order valence-electron chi connectivity index (χ0n) is 10.6. The summed E-state index contributed by atoms with van der Waals surface area (Å²) in [6.07, 6.45) is 0. The molecule has 0 fully saturated rings. The first-order valence-electron chi connectivity index (χ1n) is 6.24. The van der Waals surface area contributed by atoms with Gasteiger partial charge in [0.25, 0.3) is 0 Å². The minimum absolute atomic E-state index is 0.249. The summed E-state index contributed by atoms with van der Waals surface area (Å²) in [5.41, 5.74) is 6.68. The normalized spacial score (nSPS) is 10.9. The van der Waals surface area contributed by atoms with Gasteiger partial charge in [0, 0.05) is 18.0 Å².